The summed E-state index contributed by atoms with van der Waals surface area (Å²) in [5, 5.41) is 13.3. The van der Waals surface area contributed by atoms with Crippen molar-refractivity contribution < 1.29 is 9.84 Å². The second kappa shape index (κ2) is 6.43. The molecule has 5 nitrogen and oxygen atoms in total. The molecule has 0 unspecified atom stereocenters. The van der Waals surface area contributed by atoms with Crippen molar-refractivity contribution in [2.45, 2.75) is 33.2 Å². The normalized spacial score (nSPS) is 10.8. The number of aryl methyl sites for hydroxylation is 2. The van der Waals surface area contributed by atoms with Gasteiger partial charge in [-0.1, -0.05) is 19.1 Å². The van der Waals surface area contributed by atoms with Gasteiger partial charge in [0.1, 0.15) is 11.4 Å². The Morgan fingerprint density at radius 2 is 2.00 bits per heavy atom. The number of hydrogen-bond donors (Lipinski definition) is 2. The number of benzene rings is 1. The largest absolute Gasteiger partial charge is 0.437 e. The van der Waals surface area contributed by atoms with Crippen LogP contribution < -0.4 is 10.5 Å². The third-order valence-electron chi connectivity index (χ3n) is 3.10. The number of anilines is 1. The van der Waals surface area contributed by atoms with Gasteiger partial charge >= 0.3 is 0 Å². The molecule has 108 valence electrons. The number of hydrogen-bond acceptors (Lipinski definition) is 4. The molecule has 1 heterocycles. The average Bonchev–Trinajstić information content (AvgIpc) is 2.70. The smallest absolute Gasteiger partial charge is 0.241 e. The molecule has 1 aromatic carbocycles. The summed E-state index contributed by atoms with van der Waals surface area (Å²) in [5.41, 5.74) is 8.46. The molecule has 0 spiro atoms. The van der Waals surface area contributed by atoms with E-state index in [9.17, 15) is 0 Å². The van der Waals surface area contributed by atoms with E-state index in [4.69, 9.17) is 15.6 Å². The third-order valence-corrected chi connectivity index (χ3v) is 3.10. The number of aliphatic hydroxyl groups excluding tert-OH is 1. The van der Waals surface area contributed by atoms with Crippen LogP contribution in [0.15, 0.2) is 24.3 Å². The van der Waals surface area contributed by atoms with Crippen LogP contribution in [0.1, 0.15) is 24.6 Å². The minimum atomic E-state index is 0.148. The first-order valence-electron chi connectivity index (χ1n) is 6.86. The number of nitrogens with two attached hydrogens (primary N) is 1. The Labute approximate surface area is 119 Å². The molecular weight excluding hydrogens is 254 g/mol. The van der Waals surface area contributed by atoms with Crippen molar-refractivity contribution >= 4 is 5.69 Å². The van der Waals surface area contributed by atoms with E-state index in [2.05, 4.69) is 12.0 Å². The molecule has 0 saturated carbocycles. The van der Waals surface area contributed by atoms with Gasteiger partial charge in [0.2, 0.25) is 5.88 Å². The van der Waals surface area contributed by atoms with Crippen molar-refractivity contribution in [3.63, 3.8) is 0 Å². The average molecular weight is 275 g/mol. The third kappa shape index (κ3) is 3.11. The van der Waals surface area contributed by atoms with Gasteiger partial charge in [-0.15, -0.1) is 0 Å². The van der Waals surface area contributed by atoms with E-state index in [1.807, 2.05) is 31.2 Å². The molecule has 0 aliphatic carbocycles. The van der Waals surface area contributed by atoms with Gasteiger partial charge in [0.25, 0.3) is 0 Å². The molecule has 20 heavy (non-hydrogen) atoms. The van der Waals surface area contributed by atoms with Crippen molar-refractivity contribution in [3.05, 3.63) is 35.5 Å². The quantitative estimate of drug-likeness (QED) is 0.849. The summed E-state index contributed by atoms with van der Waals surface area (Å²) in [6.07, 6.45) is 1.61. The summed E-state index contributed by atoms with van der Waals surface area (Å²) < 4.78 is 7.66. The van der Waals surface area contributed by atoms with Crippen LogP contribution in [-0.4, -0.2) is 21.5 Å². The Balaban J connectivity index is 2.20. The number of ether oxygens (including phenoxy) is 1. The highest BCUT2D eigenvalue weighted by molar-refractivity contribution is 5.54. The van der Waals surface area contributed by atoms with Crippen LogP contribution in [0, 0.1) is 6.92 Å². The van der Waals surface area contributed by atoms with Gasteiger partial charge in [0.15, 0.2) is 0 Å². The number of nitrogen functional groups attached to an aromatic ring is 1. The topological polar surface area (TPSA) is 73.3 Å². The molecule has 0 atom stereocenters. The lowest BCUT2D eigenvalue weighted by atomic mass is 10.1. The van der Waals surface area contributed by atoms with E-state index in [1.54, 1.807) is 4.68 Å². The minimum Gasteiger partial charge on any atom is -0.437 e. The second-order valence-electron chi connectivity index (χ2n) is 4.75. The summed E-state index contributed by atoms with van der Waals surface area (Å²) in [7, 11) is 0. The number of aromatic nitrogens is 2. The van der Waals surface area contributed by atoms with Crippen molar-refractivity contribution in [3.8, 4) is 11.6 Å². The summed E-state index contributed by atoms with van der Waals surface area (Å²) in [4.78, 5) is 0. The van der Waals surface area contributed by atoms with Crippen LogP contribution in [-0.2, 0) is 13.0 Å². The number of aliphatic hydroxyl groups is 1. The molecule has 5 heteroatoms. The molecule has 0 amide bonds. The molecule has 0 radical (unpaired) electrons. The standard InChI is InChI=1S/C15H21N3O2/c1-3-9-18-15(14(16)11(2)17-18)20-13-6-4-12(5-7-13)8-10-19/h4-7,19H,3,8-10,16H2,1-2H3. The molecule has 2 rings (SSSR count). The summed E-state index contributed by atoms with van der Waals surface area (Å²) >= 11 is 0. The summed E-state index contributed by atoms with van der Waals surface area (Å²) in [6.45, 7) is 4.88. The Morgan fingerprint density at radius 1 is 1.30 bits per heavy atom. The molecule has 3 N–H and O–H groups in total. The Morgan fingerprint density at radius 3 is 2.60 bits per heavy atom. The second-order valence-corrected chi connectivity index (χ2v) is 4.75. The predicted octanol–water partition coefficient (Wildman–Crippen LogP) is 2.51. The van der Waals surface area contributed by atoms with E-state index < -0.39 is 0 Å². The highest BCUT2D eigenvalue weighted by Crippen LogP contribution is 2.30. The summed E-state index contributed by atoms with van der Waals surface area (Å²) in [5.74, 6) is 1.31. The Kier molecular flexibility index (Phi) is 4.63. The lowest BCUT2D eigenvalue weighted by Crippen LogP contribution is -2.02. The van der Waals surface area contributed by atoms with Crippen LogP contribution in [0.3, 0.4) is 0 Å². The van der Waals surface area contributed by atoms with Crippen molar-refractivity contribution in [1.82, 2.24) is 9.78 Å². The highest BCUT2D eigenvalue weighted by atomic mass is 16.5. The van der Waals surface area contributed by atoms with Gasteiger partial charge in [-0.25, -0.2) is 4.68 Å². The first-order chi connectivity index (χ1) is 9.65. The van der Waals surface area contributed by atoms with Crippen LogP contribution in [0.25, 0.3) is 0 Å². The molecule has 1 aromatic heterocycles. The lowest BCUT2D eigenvalue weighted by molar-refractivity contribution is 0.299. The van der Waals surface area contributed by atoms with Gasteiger partial charge in [-0.2, -0.15) is 5.10 Å². The summed E-state index contributed by atoms with van der Waals surface area (Å²) in [6, 6.07) is 7.64. The Bertz CT molecular complexity index is 561. The zero-order chi connectivity index (χ0) is 14.5. The van der Waals surface area contributed by atoms with Gasteiger partial charge < -0.3 is 15.6 Å². The van der Waals surface area contributed by atoms with E-state index in [0.29, 0.717) is 18.0 Å². The van der Waals surface area contributed by atoms with Crippen LogP contribution in [0.5, 0.6) is 11.6 Å². The molecule has 0 fully saturated rings. The Hall–Kier alpha value is -2.01. The van der Waals surface area contributed by atoms with E-state index in [-0.39, 0.29) is 6.61 Å². The first kappa shape index (κ1) is 14.4. The van der Waals surface area contributed by atoms with Crippen LogP contribution >= 0.6 is 0 Å². The van der Waals surface area contributed by atoms with Crippen LogP contribution in [0.4, 0.5) is 5.69 Å². The predicted molar refractivity (Wildman–Crippen MR) is 79.0 cm³/mol. The SMILES string of the molecule is CCCn1nc(C)c(N)c1Oc1ccc(CCO)cc1. The monoisotopic (exact) mass is 275 g/mol. The minimum absolute atomic E-state index is 0.148. The van der Waals surface area contributed by atoms with Crippen LogP contribution in [0.2, 0.25) is 0 Å². The zero-order valence-corrected chi connectivity index (χ0v) is 12.0. The fourth-order valence-electron chi connectivity index (χ4n) is 2.01. The maximum atomic E-state index is 8.90. The number of rotatable bonds is 6. The van der Waals surface area contributed by atoms with E-state index in [0.717, 1.165) is 30.0 Å². The van der Waals surface area contributed by atoms with Crippen molar-refractivity contribution in [2.24, 2.45) is 0 Å². The molecular formula is C15H21N3O2. The number of nitrogens with zero attached hydrogens (tertiary/aromatic N) is 2. The van der Waals surface area contributed by atoms with Gasteiger partial charge in [0.05, 0.1) is 5.69 Å². The molecule has 2 aromatic rings. The van der Waals surface area contributed by atoms with Gasteiger partial charge in [-0.05, 0) is 37.5 Å². The molecule has 0 saturated heterocycles. The maximum absolute atomic E-state index is 8.90. The zero-order valence-electron chi connectivity index (χ0n) is 12.0. The maximum Gasteiger partial charge on any atom is 0.241 e. The highest BCUT2D eigenvalue weighted by Gasteiger charge is 2.14. The van der Waals surface area contributed by atoms with Crippen molar-refractivity contribution in [1.29, 1.82) is 0 Å². The fourth-order valence-corrected chi connectivity index (χ4v) is 2.01. The van der Waals surface area contributed by atoms with E-state index in [1.165, 1.54) is 0 Å². The van der Waals surface area contributed by atoms with Gasteiger partial charge in [-0.3, -0.25) is 0 Å². The van der Waals surface area contributed by atoms with Gasteiger partial charge in [0, 0.05) is 13.2 Å². The molecule has 0 aliphatic heterocycles. The lowest BCUT2D eigenvalue weighted by Gasteiger charge is -2.09. The first-order valence-corrected chi connectivity index (χ1v) is 6.86. The molecule has 0 aliphatic rings. The fraction of sp³-hybridized carbons (Fsp3) is 0.400. The van der Waals surface area contributed by atoms with Crippen molar-refractivity contribution in [2.75, 3.05) is 12.3 Å². The molecule has 0 bridgehead atoms. The van der Waals surface area contributed by atoms with E-state index >= 15 is 0 Å².